The third kappa shape index (κ3) is 39.2. The fourth-order valence-corrected chi connectivity index (χ4v) is 5.78. The normalized spacial score (nSPS) is 14.4. The smallest absolute Gasteiger partial charge is 0.462 e. The summed E-state index contributed by atoms with van der Waals surface area (Å²) in [6.07, 6.45) is 43.8. The average molecular weight is 779 g/mol. The molecule has 0 aromatic heterocycles. The van der Waals surface area contributed by atoms with Gasteiger partial charge in [-0.15, -0.1) is 0 Å². The van der Waals surface area contributed by atoms with Crippen molar-refractivity contribution in [1.82, 2.24) is 0 Å². The highest BCUT2D eigenvalue weighted by atomic mass is 31.2. The number of ether oxygens (including phenoxy) is 2. The second-order valence-electron chi connectivity index (χ2n) is 14.6. The van der Waals surface area contributed by atoms with Gasteiger partial charge >= 0.3 is 19.8 Å². The number of esters is 2. The van der Waals surface area contributed by atoms with Crippen LogP contribution in [0.1, 0.15) is 142 Å². The molecule has 0 heterocycles. The molecule has 1 N–H and O–H groups in total. The highest BCUT2D eigenvalue weighted by Crippen LogP contribution is 2.43. The van der Waals surface area contributed by atoms with Crippen molar-refractivity contribution in [3.05, 3.63) is 72.9 Å². The molecule has 0 aliphatic heterocycles. The van der Waals surface area contributed by atoms with Crippen LogP contribution < -0.4 is 0 Å². The quantitative estimate of drug-likeness (QED) is 0.0220. The molecule has 1 unspecified atom stereocenters. The molecule has 9 nitrogen and oxygen atoms in total. The van der Waals surface area contributed by atoms with E-state index in [1.165, 1.54) is 0 Å². The van der Waals surface area contributed by atoms with Gasteiger partial charge in [-0.2, -0.15) is 0 Å². The van der Waals surface area contributed by atoms with E-state index in [4.69, 9.17) is 18.5 Å². The molecule has 0 radical (unpaired) electrons. The van der Waals surface area contributed by atoms with Gasteiger partial charge in [-0.25, -0.2) is 4.57 Å². The van der Waals surface area contributed by atoms with Gasteiger partial charge in [-0.3, -0.25) is 18.6 Å². The lowest BCUT2D eigenvalue weighted by Gasteiger charge is -2.24. The number of nitrogens with zero attached hydrogens (tertiary/aromatic N) is 1. The summed E-state index contributed by atoms with van der Waals surface area (Å²) in [6, 6.07) is 0. The lowest BCUT2D eigenvalue weighted by atomic mass is 10.1. The maximum Gasteiger partial charge on any atom is 0.472 e. The van der Waals surface area contributed by atoms with E-state index in [1.54, 1.807) is 0 Å². The first-order chi connectivity index (χ1) is 26.0. The first-order valence-electron chi connectivity index (χ1n) is 20.7. The second-order valence-corrected chi connectivity index (χ2v) is 16.1. The van der Waals surface area contributed by atoms with Crippen molar-refractivity contribution >= 4 is 19.8 Å². The molecule has 310 valence electrons. The Balaban J connectivity index is 4.47. The molecule has 0 aromatic carbocycles. The molecule has 0 amide bonds. The molecule has 0 aliphatic carbocycles. The molecule has 0 aromatic rings. The van der Waals surface area contributed by atoms with Gasteiger partial charge in [0.05, 0.1) is 27.7 Å². The zero-order valence-corrected chi connectivity index (χ0v) is 35.6. The number of rotatable bonds is 36. The number of carbonyl (C=O) groups excluding carboxylic acids is 2. The van der Waals surface area contributed by atoms with Crippen molar-refractivity contribution in [2.45, 2.75) is 148 Å². The summed E-state index contributed by atoms with van der Waals surface area (Å²) in [7, 11) is 1.44. The Hall–Kier alpha value is -2.55. The van der Waals surface area contributed by atoms with E-state index in [0.717, 1.165) is 103 Å². The van der Waals surface area contributed by atoms with Crippen LogP contribution in [0.2, 0.25) is 0 Å². The van der Waals surface area contributed by atoms with Gasteiger partial charge in [-0.1, -0.05) is 125 Å². The van der Waals surface area contributed by atoms with Crippen LogP contribution in [-0.2, 0) is 32.7 Å². The molecule has 0 spiro atoms. The molecular weight excluding hydrogens is 701 g/mol. The number of hydrogen-bond acceptors (Lipinski definition) is 7. The number of likely N-dealkylation sites (N-methyl/N-ethyl adjacent to an activating group) is 1. The van der Waals surface area contributed by atoms with Crippen LogP contribution in [-0.4, -0.2) is 74.9 Å². The highest BCUT2D eigenvalue weighted by molar-refractivity contribution is 7.47. The number of quaternary nitrogens is 1. The molecule has 54 heavy (non-hydrogen) atoms. The number of carbonyl (C=O) groups is 2. The SMILES string of the molecule is CCC=CCC=CCC=CCCCCCCCC(=O)OC[C@H](COP(=O)(O)OCC[N+](C)(C)C)OC(=O)CCCCCCCC=CCC=CCC=CCC. The Kier molecular flexibility index (Phi) is 34.4. The van der Waals surface area contributed by atoms with Gasteiger partial charge in [0, 0.05) is 12.8 Å². The molecule has 0 aliphatic rings. The van der Waals surface area contributed by atoms with E-state index in [2.05, 4.69) is 86.8 Å². The Labute approximate surface area is 329 Å². The van der Waals surface area contributed by atoms with E-state index in [1.807, 2.05) is 21.1 Å². The number of phosphoric acid groups is 1. The topological polar surface area (TPSA) is 108 Å². The van der Waals surface area contributed by atoms with Crippen LogP contribution in [0, 0.1) is 0 Å². The molecule has 0 bridgehead atoms. The highest BCUT2D eigenvalue weighted by Gasteiger charge is 2.27. The predicted molar refractivity (Wildman–Crippen MR) is 224 cm³/mol. The van der Waals surface area contributed by atoms with Gasteiger partial charge in [0.25, 0.3) is 0 Å². The standard InChI is InChI=1S/C44H76NO8P/c1-6-8-10-12-14-16-18-20-22-24-26-28-30-32-34-36-43(46)50-40-42(41-52-54(48,49)51-39-38-45(3,4)5)53-44(47)37-35-33-31-29-27-25-23-21-19-17-15-13-11-9-7-2/h8-11,14-17,20-23,42H,6-7,12-13,18-19,24-41H2,1-5H3/p+1/t42-/m1/s1. The van der Waals surface area contributed by atoms with Gasteiger partial charge in [0.1, 0.15) is 19.8 Å². The molecule has 10 heteroatoms. The van der Waals surface area contributed by atoms with E-state index in [9.17, 15) is 19.0 Å². The van der Waals surface area contributed by atoms with Gasteiger partial charge < -0.3 is 18.9 Å². The Bertz CT molecular complexity index is 1150. The summed E-state index contributed by atoms with van der Waals surface area (Å²) in [5, 5.41) is 0. The van der Waals surface area contributed by atoms with Crippen LogP contribution >= 0.6 is 7.82 Å². The van der Waals surface area contributed by atoms with E-state index in [-0.39, 0.29) is 26.1 Å². The van der Waals surface area contributed by atoms with Crippen LogP contribution in [0.5, 0.6) is 0 Å². The number of unbranched alkanes of at least 4 members (excludes halogenated alkanes) is 10. The van der Waals surface area contributed by atoms with E-state index < -0.39 is 32.5 Å². The van der Waals surface area contributed by atoms with Crippen LogP contribution in [0.25, 0.3) is 0 Å². The Morgan fingerprint density at radius 3 is 1.48 bits per heavy atom. The minimum atomic E-state index is -4.38. The van der Waals surface area contributed by atoms with Gasteiger partial charge in [0.2, 0.25) is 0 Å². The maximum atomic E-state index is 12.7. The van der Waals surface area contributed by atoms with Gasteiger partial charge in [0.15, 0.2) is 6.10 Å². The van der Waals surface area contributed by atoms with Gasteiger partial charge in [-0.05, 0) is 77.0 Å². The van der Waals surface area contributed by atoms with E-state index >= 15 is 0 Å². The monoisotopic (exact) mass is 779 g/mol. The summed E-state index contributed by atoms with van der Waals surface area (Å²) >= 11 is 0. The summed E-state index contributed by atoms with van der Waals surface area (Å²) in [6.45, 7) is 4.13. The van der Waals surface area contributed by atoms with Crippen molar-refractivity contribution in [3.63, 3.8) is 0 Å². The summed E-state index contributed by atoms with van der Waals surface area (Å²) in [5.74, 6) is -0.847. The summed E-state index contributed by atoms with van der Waals surface area (Å²) in [5.41, 5.74) is 0. The van der Waals surface area contributed by atoms with Crippen molar-refractivity contribution < 1.29 is 42.1 Å². The minimum absolute atomic E-state index is 0.0211. The van der Waals surface area contributed by atoms with E-state index in [0.29, 0.717) is 23.9 Å². The summed E-state index contributed by atoms with van der Waals surface area (Å²) in [4.78, 5) is 35.3. The van der Waals surface area contributed by atoms with Crippen LogP contribution in [0.4, 0.5) is 0 Å². The third-order valence-corrected chi connectivity index (χ3v) is 9.22. The second kappa shape index (κ2) is 36.1. The number of allylic oxidation sites excluding steroid dienone is 12. The molecule has 0 saturated carbocycles. The third-order valence-electron chi connectivity index (χ3n) is 8.23. The zero-order chi connectivity index (χ0) is 40.0. The maximum absolute atomic E-state index is 12.7. The number of hydrogen-bond donors (Lipinski definition) is 1. The lowest BCUT2D eigenvalue weighted by Crippen LogP contribution is -2.37. The molecular formula is C44H77NO8P+. The summed E-state index contributed by atoms with van der Waals surface area (Å²) < 4.78 is 34.2. The van der Waals surface area contributed by atoms with Crippen LogP contribution in [0.3, 0.4) is 0 Å². The zero-order valence-electron chi connectivity index (χ0n) is 34.7. The molecule has 0 fully saturated rings. The molecule has 0 rings (SSSR count). The number of phosphoric ester groups is 1. The van der Waals surface area contributed by atoms with Crippen molar-refractivity contribution in [2.75, 3.05) is 47.5 Å². The first kappa shape index (κ1) is 51.5. The average Bonchev–Trinajstić information content (AvgIpc) is 3.12. The van der Waals surface area contributed by atoms with Crippen LogP contribution in [0.15, 0.2) is 72.9 Å². The Morgan fingerprint density at radius 2 is 1.00 bits per heavy atom. The molecule has 2 atom stereocenters. The minimum Gasteiger partial charge on any atom is -0.462 e. The van der Waals surface area contributed by atoms with Crippen molar-refractivity contribution in [2.24, 2.45) is 0 Å². The lowest BCUT2D eigenvalue weighted by molar-refractivity contribution is -0.870. The fourth-order valence-electron chi connectivity index (χ4n) is 5.04. The fraction of sp³-hybridized carbons (Fsp3) is 0.682. The largest absolute Gasteiger partial charge is 0.472 e. The predicted octanol–water partition coefficient (Wildman–Crippen LogP) is 11.5. The molecule has 0 saturated heterocycles. The first-order valence-corrected chi connectivity index (χ1v) is 22.2. The van der Waals surface area contributed by atoms with Crippen molar-refractivity contribution in [1.29, 1.82) is 0 Å². The van der Waals surface area contributed by atoms with Crippen molar-refractivity contribution in [3.8, 4) is 0 Å². The Morgan fingerprint density at radius 1 is 0.574 bits per heavy atom.